The van der Waals surface area contributed by atoms with Crippen LogP contribution in [0.25, 0.3) is 0 Å². The summed E-state index contributed by atoms with van der Waals surface area (Å²) in [5.74, 6) is -8.82. The Bertz CT molecular complexity index is 1670. The Morgan fingerprint density at radius 3 is 1.06 bits per heavy atom. The van der Waals surface area contributed by atoms with Crippen LogP contribution in [0, 0.1) is 0 Å². The van der Waals surface area contributed by atoms with E-state index in [1.807, 2.05) is 0 Å². The van der Waals surface area contributed by atoms with E-state index in [2.05, 4.69) is 46.9 Å². The van der Waals surface area contributed by atoms with Gasteiger partial charge in [-0.15, -0.1) is 0 Å². The fourth-order valence-corrected chi connectivity index (χ4v) is 6.08. The molecule has 0 spiro atoms. The smallest absolute Gasteiger partial charge is 0.326 e. The van der Waals surface area contributed by atoms with Gasteiger partial charge in [0.2, 0.25) is 35.4 Å². The van der Waals surface area contributed by atoms with Crippen LogP contribution in [-0.2, 0) is 38.4 Å². The van der Waals surface area contributed by atoms with Crippen molar-refractivity contribution < 1.29 is 53.7 Å². The molecule has 29 heteroatoms. The number of aliphatic carboxylic acids is 2. The molecule has 0 aliphatic carbocycles. The first-order chi connectivity index (χ1) is 31.7. The Morgan fingerprint density at radius 2 is 0.731 bits per heavy atom. The van der Waals surface area contributed by atoms with Gasteiger partial charge in [-0.25, -0.2) is 4.79 Å². The fourth-order valence-electron chi connectivity index (χ4n) is 6.08. The van der Waals surface area contributed by atoms with Crippen LogP contribution in [0.5, 0.6) is 0 Å². The third-order valence-electron chi connectivity index (χ3n) is 9.70. The fraction of sp³-hybridized carbons (Fsp3) is 0.711. The largest absolute Gasteiger partial charge is 0.481 e. The average Bonchev–Trinajstić information content (AvgIpc) is 3.26. The van der Waals surface area contributed by atoms with Crippen molar-refractivity contribution >= 4 is 65.3 Å². The number of carboxylic acid groups (broad SMARTS) is 2. The minimum Gasteiger partial charge on any atom is -0.481 e. The summed E-state index contributed by atoms with van der Waals surface area (Å²) in [6.07, 6.45) is 1.11. The number of amides is 6. The molecule has 7 unspecified atom stereocenters. The van der Waals surface area contributed by atoms with Crippen LogP contribution in [-0.4, -0.2) is 162 Å². The number of carbonyl (C=O) groups is 8. The van der Waals surface area contributed by atoms with Gasteiger partial charge in [-0.05, 0) is 96.6 Å². The Kier molecular flexibility index (Phi) is 31.3. The van der Waals surface area contributed by atoms with Crippen LogP contribution in [0.4, 0.5) is 0 Å². The second kappa shape index (κ2) is 34.7. The molecule has 0 radical (unpaired) electrons. The van der Waals surface area contributed by atoms with Gasteiger partial charge in [0.05, 0.1) is 12.6 Å². The van der Waals surface area contributed by atoms with Crippen molar-refractivity contribution in [3.05, 3.63) is 0 Å². The van der Waals surface area contributed by atoms with Crippen molar-refractivity contribution in [2.24, 2.45) is 66.6 Å². The molecular weight excluding hydrogens is 885 g/mol. The molecule has 0 aliphatic rings. The SMILES string of the molecule is NCCCCC(NC(=O)C(N)CCCN=C(N)N)C(=O)NC(CCCN=C(N)N)C(=O)NC(CO)C(=O)NC(CCCN=C(N)N)C(=O)NC(CCCCN)C(=O)NC(CCC(=O)O)C(=O)O. The molecule has 0 bridgehead atoms. The summed E-state index contributed by atoms with van der Waals surface area (Å²) in [7, 11) is 0. The third kappa shape index (κ3) is 28.1. The van der Waals surface area contributed by atoms with Gasteiger partial charge in [-0.1, -0.05) is 0 Å². The van der Waals surface area contributed by atoms with Gasteiger partial charge < -0.3 is 98.8 Å². The molecule has 0 heterocycles. The van der Waals surface area contributed by atoms with E-state index in [1.54, 1.807) is 0 Å². The Labute approximate surface area is 388 Å². The third-order valence-corrected chi connectivity index (χ3v) is 9.70. The summed E-state index contributed by atoms with van der Waals surface area (Å²) in [6, 6.07) is -9.82. The normalized spacial score (nSPS) is 13.9. The molecular formula is C38H74N18O11. The van der Waals surface area contributed by atoms with Gasteiger partial charge in [0.15, 0.2) is 17.9 Å². The van der Waals surface area contributed by atoms with Gasteiger partial charge in [0, 0.05) is 26.1 Å². The van der Waals surface area contributed by atoms with Gasteiger partial charge in [0.25, 0.3) is 0 Å². The zero-order chi connectivity index (χ0) is 50.9. The van der Waals surface area contributed by atoms with Crippen LogP contribution in [0.1, 0.15) is 89.9 Å². The maximum atomic E-state index is 13.8. The maximum Gasteiger partial charge on any atom is 0.326 e. The number of aliphatic hydroxyl groups excluding tert-OH is 1. The maximum absolute atomic E-state index is 13.8. The summed E-state index contributed by atoms with van der Waals surface area (Å²) < 4.78 is 0. The predicted octanol–water partition coefficient (Wildman–Crippen LogP) is -7.42. The van der Waals surface area contributed by atoms with E-state index in [0.29, 0.717) is 38.6 Å². The first kappa shape index (κ1) is 60.4. The molecule has 27 N–H and O–H groups in total. The topological polar surface area (TPSA) is 541 Å². The molecule has 0 saturated carbocycles. The number of aliphatic hydroxyl groups is 1. The second-order valence-corrected chi connectivity index (χ2v) is 15.3. The van der Waals surface area contributed by atoms with Crippen molar-refractivity contribution in [1.82, 2.24) is 31.9 Å². The van der Waals surface area contributed by atoms with Crippen molar-refractivity contribution in [3.63, 3.8) is 0 Å². The number of guanidine groups is 3. The zero-order valence-corrected chi connectivity index (χ0v) is 37.8. The lowest BCUT2D eigenvalue weighted by atomic mass is 10.0. The molecule has 0 aliphatic heterocycles. The van der Waals surface area contributed by atoms with Crippen molar-refractivity contribution in [1.29, 1.82) is 0 Å². The van der Waals surface area contributed by atoms with E-state index in [4.69, 9.17) is 56.7 Å². The molecule has 0 aromatic carbocycles. The zero-order valence-electron chi connectivity index (χ0n) is 37.8. The Morgan fingerprint density at radius 1 is 0.418 bits per heavy atom. The quantitative estimate of drug-likeness (QED) is 0.0156. The van der Waals surface area contributed by atoms with Crippen molar-refractivity contribution in [3.8, 4) is 0 Å². The van der Waals surface area contributed by atoms with Crippen molar-refractivity contribution in [2.75, 3.05) is 39.3 Å². The predicted molar refractivity (Wildman–Crippen MR) is 247 cm³/mol. The monoisotopic (exact) mass is 959 g/mol. The van der Waals surface area contributed by atoms with E-state index >= 15 is 0 Å². The number of carboxylic acids is 2. The summed E-state index contributed by atoms with van der Waals surface area (Å²) >= 11 is 0. The molecule has 0 saturated heterocycles. The second-order valence-electron chi connectivity index (χ2n) is 15.3. The van der Waals surface area contributed by atoms with E-state index in [-0.39, 0.29) is 89.0 Å². The molecule has 7 atom stereocenters. The van der Waals surface area contributed by atoms with Crippen LogP contribution in [0.15, 0.2) is 15.0 Å². The number of nitrogens with zero attached hydrogens (tertiary/aromatic N) is 3. The van der Waals surface area contributed by atoms with Crippen molar-refractivity contribution in [2.45, 2.75) is 132 Å². The molecule has 29 nitrogen and oxygen atoms in total. The first-order valence-corrected chi connectivity index (χ1v) is 21.9. The number of nitrogens with two attached hydrogens (primary N) is 9. The van der Waals surface area contributed by atoms with Gasteiger partial charge in [-0.3, -0.25) is 48.5 Å². The Hall–Kier alpha value is -6.59. The van der Waals surface area contributed by atoms with E-state index in [0.717, 1.165) is 0 Å². The van der Waals surface area contributed by atoms with Gasteiger partial charge in [-0.2, -0.15) is 0 Å². The van der Waals surface area contributed by atoms with Gasteiger partial charge in [0.1, 0.15) is 36.3 Å². The lowest BCUT2D eigenvalue weighted by Gasteiger charge is -2.27. The molecule has 0 aromatic rings. The first-order valence-electron chi connectivity index (χ1n) is 21.9. The number of nitrogens with one attached hydrogen (secondary N) is 6. The average molecular weight is 959 g/mol. The number of unbranched alkanes of at least 4 members (excludes halogenated alkanes) is 2. The van der Waals surface area contributed by atoms with E-state index < -0.39 is 109 Å². The minimum atomic E-state index is -1.73. The van der Waals surface area contributed by atoms with Gasteiger partial charge >= 0.3 is 11.9 Å². The molecule has 0 aromatic heterocycles. The van der Waals surface area contributed by atoms with Crippen LogP contribution in [0.3, 0.4) is 0 Å². The summed E-state index contributed by atoms with van der Waals surface area (Å²) in [5.41, 5.74) is 49.7. The molecule has 382 valence electrons. The summed E-state index contributed by atoms with van der Waals surface area (Å²) in [6.45, 7) is -0.262. The lowest BCUT2D eigenvalue weighted by Crippen LogP contribution is -2.60. The van der Waals surface area contributed by atoms with Crippen LogP contribution in [0.2, 0.25) is 0 Å². The highest BCUT2D eigenvalue weighted by Gasteiger charge is 2.33. The lowest BCUT2D eigenvalue weighted by molar-refractivity contribution is -0.143. The van der Waals surface area contributed by atoms with Crippen LogP contribution < -0.4 is 83.5 Å². The van der Waals surface area contributed by atoms with E-state index in [9.17, 15) is 48.6 Å². The molecule has 6 amide bonds. The number of rotatable bonds is 37. The Balaban J connectivity index is 6.52. The standard InChI is InChI=1S/C38H74N18O11/c39-15-3-1-9-22(51-29(60)21(41)8-5-17-48-36(42)43)30(61)53-25(12-7-19-50-38(46)47)33(64)56-27(20-57)34(65)54-24(11-6-18-49-37(44)45)31(62)52-23(10-2-4-16-40)32(63)55-26(35(66)67)13-14-28(58)59/h21-27,57H,1-20,39-41H2,(H,51,60)(H,52,62)(H,53,61)(H,54,65)(H,55,63)(H,56,64)(H,58,59)(H,66,67)(H4,42,43,48)(H4,44,45,49)(H4,46,47,50). The number of aliphatic imine (C=N–C) groups is 3. The van der Waals surface area contributed by atoms with E-state index in [1.165, 1.54) is 0 Å². The summed E-state index contributed by atoms with van der Waals surface area (Å²) in [4.78, 5) is 116. The number of hydrogen-bond donors (Lipinski definition) is 18. The van der Waals surface area contributed by atoms with Crippen LogP contribution >= 0.6 is 0 Å². The minimum absolute atomic E-state index is 0.00725. The molecule has 0 fully saturated rings. The molecule has 0 rings (SSSR count). The summed E-state index contributed by atoms with van der Waals surface area (Å²) in [5, 5.41) is 43.7. The highest BCUT2D eigenvalue weighted by molar-refractivity contribution is 5.97. The number of hydrogen-bond acceptors (Lipinski definition) is 15. The number of carbonyl (C=O) groups excluding carboxylic acids is 6. The molecule has 67 heavy (non-hydrogen) atoms. The highest BCUT2D eigenvalue weighted by Crippen LogP contribution is 2.09. The highest BCUT2D eigenvalue weighted by atomic mass is 16.4.